The van der Waals surface area contributed by atoms with Crippen molar-refractivity contribution in [3.63, 3.8) is 0 Å². The molecule has 2 atom stereocenters. The molecule has 0 saturated carbocycles. The number of urea groups is 1. The molecular weight excluding hydrogens is 318 g/mol. The molecule has 2 aliphatic heterocycles. The van der Waals surface area contributed by atoms with E-state index in [4.69, 9.17) is 0 Å². The molecule has 134 valence electrons. The van der Waals surface area contributed by atoms with Gasteiger partial charge in [-0.05, 0) is 38.2 Å². The topological polar surface area (TPSA) is 69.7 Å². The minimum atomic E-state index is -1.12. The Kier molecular flexibility index (Phi) is 4.54. The first-order valence-electron chi connectivity index (χ1n) is 8.80. The van der Waals surface area contributed by atoms with E-state index in [9.17, 15) is 14.4 Å². The van der Waals surface area contributed by atoms with Gasteiger partial charge in [0.05, 0.1) is 0 Å². The average Bonchev–Trinajstić information content (AvgIpc) is 2.79. The zero-order chi connectivity index (χ0) is 18.2. The molecule has 1 N–H and O–H groups in total. The lowest BCUT2D eigenvalue weighted by atomic mass is 9.91. The number of carbonyl (C=O) groups excluding carboxylic acids is 3. The summed E-state index contributed by atoms with van der Waals surface area (Å²) in [5.74, 6) is -0.0819. The van der Waals surface area contributed by atoms with Crippen molar-refractivity contribution < 1.29 is 14.4 Å². The number of nitrogens with zero attached hydrogens (tertiary/aromatic N) is 2. The maximum Gasteiger partial charge on any atom is 0.325 e. The highest BCUT2D eigenvalue weighted by molar-refractivity contribution is 6.09. The van der Waals surface area contributed by atoms with Crippen molar-refractivity contribution in [3.05, 3.63) is 35.4 Å². The summed E-state index contributed by atoms with van der Waals surface area (Å²) in [6, 6.07) is 6.98. The van der Waals surface area contributed by atoms with Crippen molar-refractivity contribution in [3.8, 4) is 0 Å². The first-order valence-corrected chi connectivity index (χ1v) is 8.80. The molecule has 2 fully saturated rings. The largest absolute Gasteiger partial charge is 0.341 e. The van der Waals surface area contributed by atoms with Crippen LogP contribution in [0.25, 0.3) is 0 Å². The van der Waals surface area contributed by atoms with E-state index in [-0.39, 0.29) is 18.4 Å². The van der Waals surface area contributed by atoms with E-state index in [0.29, 0.717) is 19.0 Å². The Bertz CT molecular complexity index is 700. The van der Waals surface area contributed by atoms with Crippen molar-refractivity contribution in [2.24, 2.45) is 5.92 Å². The number of benzene rings is 1. The van der Waals surface area contributed by atoms with E-state index in [1.54, 1.807) is 11.8 Å². The SMILES string of the molecule is Cc1ccc([C@@]2(C)NC(=O)N(CC(=O)N3CCC[C@@H](C)C3)C2=O)cc1. The van der Waals surface area contributed by atoms with Gasteiger partial charge in [0.15, 0.2) is 0 Å². The maximum absolute atomic E-state index is 12.9. The number of hydrogen-bond donors (Lipinski definition) is 1. The van der Waals surface area contributed by atoms with Gasteiger partial charge in [0.2, 0.25) is 5.91 Å². The second-order valence-electron chi connectivity index (χ2n) is 7.40. The maximum atomic E-state index is 12.9. The van der Waals surface area contributed by atoms with E-state index in [0.717, 1.165) is 28.9 Å². The third-order valence-corrected chi connectivity index (χ3v) is 5.21. The van der Waals surface area contributed by atoms with Crippen molar-refractivity contribution in [2.75, 3.05) is 19.6 Å². The molecule has 0 aromatic heterocycles. The Morgan fingerprint density at radius 3 is 2.60 bits per heavy atom. The molecule has 1 aromatic rings. The van der Waals surface area contributed by atoms with Crippen LogP contribution in [0.15, 0.2) is 24.3 Å². The lowest BCUT2D eigenvalue weighted by Crippen LogP contribution is -2.47. The van der Waals surface area contributed by atoms with Crippen molar-refractivity contribution in [2.45, 2.75) is 39.2 Å². The van der Waals surface area contributed by atoms with Gasteiger partial charge in [-0.3, -0.25) is 14.5 Å². The molecule has 0 bridgehead atoms. The van der Waals surface area contributed by atoms with Gasteiger partial charge in [0.25, 0.3) is 5.91 Å². The Morgan fingerprint density at radius 2 is 1.96 bits per heavy atom. The van der Waals surface area contributed by atoms with Crippen molar-refractivity contribution in [1.82, 2.24) is 15.1 Å². The predicted molar refractivity (Wildman–Crippen MR) is 93.8 cm³/mol. The normalized spacial score (nSPS) is 26.8. The van der Waals surface area contributed by atoms with E-state index in [1.165, 1.54) is 0 Å². The molecule has 0 spiro atoms. The van der Waals surface area contributed by atoms with Crippen LogP contribution in [-0.2, 0) is 15.1 Å². The molecule has 0 unspecified atom stereocenters. The van der Waals surface area contributed by atoms with E-state index in [1.807, 2.05) is 31.2 Å². The molecular formula is C19H25N3O3. The van der Waals surface area contributed by atoms with E-state index >= 15 is 0 Å². The minimum absolute atomic E-state index is 0.164. The van der Waals surface area contributed by atoms with Crippen LogP contribution in [0.5, 0.6) is 0 Å². The van der Waals surface area contributed by atoms with Gasteiger partial charge >= 0.3 is 6.03 Å². The van der Waals surface area contributed by atoms with Crippen LogP contribution >= 0.6 is 0 Å². The summed E-state index contributed by atoms with van der Waals surface area (Å²) in [4.78, 5) is 40.6. The van der Waals surface area contributed by atoms with Crippen LogP contribution < -0.4 is 5.32 Å². The van der Waals surface area contributed by atoms with Crippen LogP contribution in [0.2, 0.25) is 0 Å². The summed E-state index contributed by atoms with van der Waals surface area (Å²) >= 11 is 0. The quantitative estimate of drug-likeness (QED) is 0.854. The molecule has 2 saturated heterocycles. The monoisotopic (exact) mass is 343 g/mol. The van der Waals surface area contributed by atoms with Gasteiger partial charge in [-0.25, -0.2) is 4.79 Å². The fraction of sp³-hybridized carbons (Fsp3) is 0.526. The molecule has 2 heterocycles. The summed E-state index contributed by atoms with van der Waals surface area (Å²) in [6.45, 7) is 6.96. The molecule has 6 heteroatoms. The van der Waals surface area contributed by atoms with Crippen LogP contribution in [0.3, 0.4) is 0 Å². The van der Waals surface area contributed by atoms with Gasteiger partial charge in [-0.1, -0.05) is 36.8 Å². The van der Waals surface area contributed by atoms with Crippen LogP contribution in [-0.4, -0.2) is 47.3 Å². The highest BCUT2D eigenvalue weighted by Gasteiger charge is 2.49. The summed E-state index contributed by atoms with van der Waals surface area (Å²) in [6.07, 6.45) is 2.08. The van der Waals surface area contributed by atoms with Gasteiger partial charge in [0.1, 0.15) is 12.1 Å². The molecule has 3 rings (SSSR count). The lowest BCUT2D eigenvalue weighted by molar-refractivity contribution is -0.139. The number of piperidine rings is 1. The average molecular weight is 343 g/mol. The zero-order valence-corrected chi connectivity index (χ0v) is 15.0. The second-order valence-corrected chi connectivity index (χ2v) is 7.40. The predicted octanol–water partition coefficient (Wildman–Crippen LogP) is 2.02. The van der Waals surface area contributed by atoms with Crippen LogP contribution in [0, 0.1) is 12.8 Å². The Labute approximate surface area is 148 Å². The van der Waals surface area contributed by atoms with Crippen LogP contribution in [0.4, 0.5) is 4.79 Å². The van der Waals surface area contributed by atoms with E-state index < -0.39 is 11.6 Å². The summed E-state index contributed by atoms with van der Waals surface area (Å²) in [7, 11) is 0. The third-order valence-electron chi connectivity index (χ3n) is 5.21. The number of imide groups is 1. The Morgan fingerprint density at radius 1 is 1.28 bits per heavy atom. The first kappa shape index (κ1) is 17.5. The smallest absolute Gasteiger partial charge is 0.325 e. The summed E-state index contributed by atoms with van der Waals surface area (Å²) < 4.78 is 0. The van der Waals surface area contributed by atoms with Crippen LogP contribution in [0.1, 0.15) is 37.8 Å². The highest BCUT2D eigenvalue weighted by Crippen LogP contribution is 2.29. The van der Waals surface area contributed by atoms with Gasteiger partial charge in [0, 0.05) is 13.1 Å². The number of nitrogens with one attached hydrogen (secondary N) is 1. The van der Waals surface area contributed by atoms with Gasteiger partial charge in [-0.15, -0.1) is 0 Å². The number of hydrogen-bond acceptors (Lipinski definition) is 3. The molecule has 0 radical (unpaired) electrons. The third kappa shape index (κ3) is 3.25. The van der Waals surface area contributed by atoms with Gasteiger partial charge in [-0.2, -0.15) is 0 Å². The fourth-order valence-corrected chi connectivity index (χ4v) is 3.57. The Hall–Kier alpha value is -2.37. The highest BCUT2D eigenvalue weighted by atomic mass is 16.2. The van der Waals surface area contributed by atoms with E-state index in [2.05, 4.69) is 12.2 Å². The summed E-state index contributed by atoms with van der Waals surface area (Å²) in [5, 5.41) is 2.75. The molecule has 0 aliphatic carbocycles. The molecule has 2 aliphatic rings. The molecule has 4 amide bonds. The molecule has 1 aromatic carbocycles. The number of aryl methyl sites for hydroxylation is 1. The van der Waals surface area contributed by atoms with Crippen molar-refractivity contribution >= 4 is 17.8 Å². The number of carbonyl (C=O) groups is 3. The molecule has 25 heavy (non-hydrogen) atoms. The first-order chi connectivity index (χ1) is 11.8. The standard InChI is InChI=1S/C19H25N3O3/c1-13-6-8-15(9-7-13)19(3)17(24)22(18(25)20-19)12-16(23)21-10-4-5-14(2)11-21/h6-9,14H,4-5,10-12H2,1-3H3,(H,20,25)/t14-,19-/m1/s1. The Balaban J connectivity index is 1.75. The minimum Gasteiger partial charge on any atom is -0.341 e. The van der Waals surface area contributed by atoms with Crippen molar-refractivity contribution in [1.29, 1.82) is 0 Å². The number of rotatable bonds is 3. The number of amides is 4. The molecule has 6 nitrogen and oxygen atoms in total. The zero-order valence-electron chi connectivity index (χ0n) is 15.0. The van der Waals surface area contributed by atoms with Gasteiger partial charge < -0.3 is 10.2 Å². The lowest BCUT2D eigenvalue weighted by Gasteiger charge is -2.31. The fourth-order valence-electron chi connectivity index (χ4n) is 3.57. The second kappa shape index (κ2) is 6.50. The number of likely N-dealkylation sites (tertiary alicyclic amines) is 1. The summed E-state index contributed by atoms with van der Waals surface area (Å²) in [5.41, 5.74) is 0.675.